The lowest BCUT2D eigenvalue weighted by Crippen LogP contribution is -1.93. The van der Waals surface area contributed by atoms with Crippen molar-refractivity contribution in [2.24, 2.45) is 0 Å². The maximum Gasteiger partial charge on any atom is 0.277 e. The first kappa shape index (κ1) is 13.8. The first-order valence-corrected chi connectivity index (χ1v) is 5.92. The van der Waals surface area contributed by atoms with E-state index >= 15 is 0 Å². The topological polar surface area (TPSA) is 89.0 Å². The Hall–Kier alpha value is -2.65. The van der Waals surface area contributed by atoms with E-state index in [2.05, 4.69) is 4.98 Å². The van der Waals surface area contributed by atoms with Gasteiger partial charge in [-0.05, 0) is 17.7 Å². The van der Waals surface area contributed by atoms with Crippen molar-refractivity contribution in [3.05, 3.63) is 57.2 Å². The molecule has 0 aliphatic rings. The zero-order valence-corrected chi connectivity index (χ0v) is 10.9. The van der Waals surface area contributed by atoms with Gasteiger partial charge in [-0.25, -0.2) is 4.98 Å². The summed E-state index contributed by atoms with van der Waals surface area (Å²) in [7, 11) is 0. The number of hydrogen-bond acceptors (Lipinski definition) is 5. The molecule has 20 heavy (non-hydrogen) atoms. The molecule has 2 aromatic rings. The normalized spacial score (nSPS) is 9.80. The van der Waals surface area contributed by atoms with Gasteiger partial charge in [0.15, 0.2) is 0 Å². The Morgan fingerprint density at radius 2 is 2.05 bits per heavy atom. The van der Waals surface area contributed by atoms with Gasteiger partial charge >= 0.3 is 0 Å². The molecule has 1 aromatic heterocycles. The summed E-state index contributed by atoms with van der Waals surface area (Å²) in [6.45, 7) is 0. The predicted octanol–water partition coefficient (Wildman–Crippen LogP) is 3.50. The number of nitro groups is 1. The summed E-state index contributed by atoms with van der Waals surface area (Å²) in [5.41, 5.74) is 0.658. The van der Waals surface area contributed by atoms with E-state index in [-0.39, 0.29) is 16.7 Å². The van der Waals surface area contributed by atoms with E-state index in [1.165, 1.54) is 6.07 Å². The van der Waals surface area contributed by atoms with Crippen LogP contribution in [0.1, 0.15) is 5.56 Å². The maximum atomic E-state index is 10.7. The highest BCUT2D eigenvalue weighted by Gasteiger charge is 2.11. The van der Waals surface area contributed by atoms with Gasteiger partial charge in [-0.15, -0.1) is 0 Å². The van der Waals surface area contributed by atoms with Gasteiger partial charge in [0, 0.05) is 0 Å². The Labute approximate surface area is 119 Å². The Morgan fingerprint density at radius 3 is 2.65 bits per heavy atom. The van der Waals surface area contributed by atoms with Crippen LogP contribution >= 0.6 is 11.6 Å². The van der Waals surface area contributed by atoms with Crippen molar-refractivity contribution in [1.82, 2.24) is 4.98 Å². The molecule has 0 N–H and O–H groups in total. The monoisotopic (exact) mass is 289 g/mol. The molecule has 0 fully saturated rings. The predicted molar refractivity (Wildman–Crippen MR) is 71.7 cm³/mol. The van der Waals surface area contributed by atoms with Crippen molar-refractivity contribution in [3.8, 4) is 17.7 Å². The lowest BCUT2D eigenvalue weighted by molar-refractivity contribution is -0.385. The van der Waals surface area contributed by atoms with Gasteiger partial charge in [-0.1, -0.05) is 23.7 Å². The van der Waals surface area contributed by atoms with E-state index in [1.807, 2.05) is 6.07 Å². The van der Waals surface area contributed by atoms with Crippen molar-refractivity contribution in [2.45, 2.75) is 6.42 Å². The summed E-state index contributed by atoms with van der Waals surface area (Å²) in [5.74, 6) is 0.494. The summed E-state index contributed by atoms with van der Waals surface area (Å²) in [4.78, 5) is 14.0. The molecule has 2 rings (SSSR count). The minimum Gasteiger partial charge on any atom is -0.439 e. The molecule has 7 heteroatoms. The fourth-order valence-electron chi connectivity index (χ4n) is 1.51. The molecule has 0 saturated carbocycles. The number of ether oxygens (including phenoxy) is 1. The number of hydrogen-bond donors (Lipinski definition) is 0. The summed E-state index contributed by atoms with van der Waals surface area (Å²) in [5, 5.41) is 19.3. The molecule has 1 aromatic carbocycles. The van der Waals surface area contributed by atoms with Gasteiger partial charge in [0.05, 0.1) is 29.5 Å². The molecule has 0 spiro atoms. The molecule has 6 nitrogen and oxygen atoms in total. The third-order valence-corrected chi connectivity index (χ3v) is 2.59. The molecule has 0 radical (unpaired) electrons. The van der Waals surface area contributed by atoms with Crippen molar-refractivity contribution >= 4 is 17.3 Å². The number of rotatable bonds is 4. The van der Waals surface area contributed by atoms with Crippen molar-refractivity contribution in [1.29, 1.82) is 5.26 Å². The van der Waals surface area contributed by atoms with Gasteiger partial charge in [0.2, 0.25) is 5.88 Å². The molecule has 0 amide bonds. The number of aromatic nitrogens is 1. The Bertz CT molecular complexity index is 680. The van der Waals surface area contributed by atoms with E-state index in [0.717, 1.165) is 11.6 Å². The molecule has 0 bridgehead atoms. The molecule has 100 valence electrons. The van der Waals surface area contributed by atoms with Gasteiger partial charge in [-0.3, -0.25) is 10.1 Å². The van der Waals surface area contributed by atoms with Gasteiger partial charge in [0.25, 0.3) is 5.69 Å². The second-order valence-corrected chi connectivity index (χ2v) is 4.21. The highest BCUT2D eigenvalue weighted by Crippen LogP contribution is 2.26. The van der Waals surface area contributed by atoms with Crippen LogP contribution in [0, 0.1) is 21.4 Å². The summed E-state index contributed by atoms with van der Waals surface area (Å²) >= 11 is 5.70. The number of benzene rings is 1. The molecular formula is C13H8ClN3O3. The quantitative estimate of drug-likeness (QED) is 0.488. The van der Waals surface area contributed by atoms with Gasteiger partial charge < -0.3 is 4.74 Å². The standard InChI is InChI=1S/C13H8ClN3O3/c14-12-7-10(17(18)19)8-13(16-12)20-11-3-1-9(2-4-11)5-6-15/h1-4,7-8H,5H2. The molecular weight excluding hydrogens is 282 g/mol. The number of halogens is 1. The second-order valence-electron chi connectivity index (χ2n) is 3.82. The molecule has 0 aliphatic carbocycles. The highest BCUT2D eigenvalue weighted by atomic mass is 35.5. The van der Waals surface area contributed by atoms with E-state index in [9.17, 15) is 10.1 Å². The molecule has 0 unspecified atom stereocenters. The Kier molecular flexibility index (Phi) is 4.13. The number of nitriles is 1. The van der Waals surface area contributed by atoms with Crippen LogP contribution in [0.2, 0.25) is 5.15 Å². The van der Waals surface area contributed by atoms with Gasteiger partial charge in [-0.2, -0.15) is 5.26 Å². The number of pyridine rings is 1. The first-order chi connectivity index (χ1) is 9.58. The Morgan fingerprint density at radius 1 is 1.35 bits per heavy atom. The zero-order chi connectivity index (χ0) is 14.5. The van der Waals surface area contributed by atoms with Crippen LogP contribution in [0.4, 0.5) is 5.69 Å². The summed E-state index contributed by atoms with van der Waals surface area (Å²) in [6, 6.07) is 11.1. The van der Waals surface area contributed by atoms with Crippen LogP contribution in [0.25, 0.3) is 0 Å². The van der Waals surface area contributed by atoms with E-state index in [1.54, 1.807) is 24.3 Å². The minimum absolute atomic E-state index is 0.0182. The third kappa shape index (κ3) is 3.43. The van der Waals surface area contributed by atoms with Crippen molar-refractivity contribution in [2.75, 3.05) is 0 Å². The zero-order valence-electron chi connectivity index (χ0n) is 10.1. The van der Waals surface area contributed by atoms with Crippen molar-refractivity contribution < 1.29 is 9.66 Å². The second kappa shape index (κ2) is 5.99. The average molecular weight is 290 g/mol. The highest BCUT2D eigenvalue weighted by molar-refractivity contribution is 6.29. The van der Waals surface area contributed by atoms with Crippen LogP contribution < -0.4 is 4.74 Å². The SMILES string of the molecule is N#CCc1ccc(Oc2cc([N+](=O)[O-])cc(Cl)n2)cc1. The smallest absolute Gasteiger partial charge is 0.277 e. The minimum atomic E-state index is -0.573. The average Bonchev–Trinajstić information content (AvgIpc) is 2.40. The molecule has 0 saturated heterocycles. The van der Waals surface area contributed by atoms with Crippen molar-refractivity contribution in [3.63, 3.8) is 0 Å². The number of nitrogens with zero attached hydrogens (tertiary/aromatic N) is 3. The lowest BCUT2D eigenvalue weighted by atomic mass is 10.2. The molecule has 0 atom stereocenters. The molecule has 1 heterocycles. The lowest BCUT2D eigenvalue weighted by Gasteiger charge is -2.05. The van der Waals surface area contributed by atoms with E-state index in [4.69, 9.17) is 21.6 Å². The first-order valence-electron chi connectivity index (χ1n) is 5.54. The largest absolute Gasteiger partial charge is 0.439 e. The fourth-order valence-corrected chi connectivity index (χ4v) is 1.70. The van der Waals surface area contributed by atoms with E-state index in [0.29, 0.717) is 12.2 Å². The summed E-state index contributed by atoms with van der Waals surface area (Å²) < 4.78 is 5.40. The van der Waals surface area contributed by atoms with Gasteiger partial charge in [0.1, 0.15) is 10.9 Å². The Balaban J connectivity index is 2.21. The third-order valence-electron chi connectivity index (χ3n) is 2.40. The van der Waals surface area contributed by atoms with Crippen LogP contribution in [-0.4, -0.2) is 9.91 Å². The fraction of sp³-hybridized carbons (Fsp3) is 0.0769. The van der Waals surface area contributed by atoms with Crippen LogP contribution in [-0.2, 0) is 6.42 Å². The van der Waals surface area contributed by atoms with Crippen LogP contribution in [0.15, 0.2) is 36.4 Å². The van der Waals surface area contributed by atoms with Crippen LogP contribution in [0.3, 0.4) is 0 Å². The molecule has 0 aliphatic heterocycles. The van der Waals surface area contributed by atoms with Crippen LogP contribution in [0.5, 0.6) is 11.6 Å². The summed E-state index contributed by atoms with van der Waals surface area (Å²) in [6.07, 6.45) is 0.307. The maximum absolute atomic E-state index is 10.7. The van der Waals surface area contributed by atoms with E-state index < -0.39 is 4.92 Å².